The third kappa shape index (κ3) is 5.74. The quantitative estimate of drug-likeness (QED) is 0.535. The molecule has 0 bridgehead atoms. The van der Waals surface area contributed by atoms with E-state index >= 15 is 0 Å². The fourth-order valence-corrected chi connectivity index (χ4v) is 3.17. The van der Waals surface area contributed by atoms with Crippen LogP contribution in [0.1, 0.15) is 30.5 Å². The number of phenolic OH excluding ortho intramolecular Hbond substituents is 1. The molecule has 0 spiro atoms. The van der Waals surface area contributed by atoms with Crippen molar-refractivity contribution in [3.8, 4) is 28.7 Å². The van der Waals surface area contributed by atoms with Crippen molar-refractivity contribution in [2.45, 2.75) is 20.4 Å². The van der Waals surface area contributed by atoms with E-state index in [0.717, 1.165) is 29.8 Å². The Bertz CT molecular complexity index is 825. The van der Waals surface area contributed by atoms with Crippen molar-refractivity contribution >= 4 is 24.6 Å². The normalized spacial score (nSPS) is 10.8. The van der Waals surface area contributed by atoms with Crippen molar-refractivity contribution in [1.82, 2.24) is 4.90 Å². The number of methoxy groups -OCH3 is 4. The molecule has 0 heterocycles. The van der Waals surface area contributed by atoms with Gasteiger partial charge in [-0.1, -0.05) is 32.1 Å². The summed E-state index contributed by atoms with van der Waals surface area (Å²) >= 11 is 0. The van der Waals surface area contributed by atoms with Gasteiger partial charge < -0.3 is 24.1 Å². The van der Waals surface area contributed by atoms with E-state index in [4.69, 9.17) is 18.9 Å². The summed E-state index contributed by atoms with van der Waals surface area (Å²) in [7, 11) is 6.32. The number of halogens is 1. The Hall–Kier alpha value is -2.57. The molecule has 0 aromatic heterocycles. The van der Waals surface area contributed by atoms with Crippen molar-refractivity contribution in [3.63, 3.8) is 0 Å². The third-order valence-corrected chi connectivity index (χ3v) is 4.92. The number of aromatic hydroxyl groups is 1. The Kier molecular flexibility index (Phi) is 10.4. The molecule has 30 heavy (non-hydrogen) atoms. The summed E-state index contributed by atoms with van der Waals surface area (Å²) in [6, 6.07) is 7.48. The minimum atomic E-state index is 0. The van der Waals surface area contributed by atoms with E-state index in [-0.39, 0.29) is 18.2 Å². The second-order valence-corrected chi connectivity index (χ2v) is 6.44. The Morgan fingerprint density at radius 2 is 1.40 bits per heavy atom. The minimum absolute atomic E-state index is 0. The van der Waals surface area contributed by atoms with Crippen molar-refractivity contribution in [2.24, 2.45) is 0 Å². The van der Waals surface area contributed by atoms with Crippen molar-refractivity contribution < 1.29 is 24.1 Å². The lowest BCUT2D eigenvalue weighted by Gasteiger charge is -2.21. The number of nitrogens with zero attached hydrogens (tertiary/aromatic N) is 1. The van der Waals surface area contributed by atoms with E-state index < -0.39 is 0 Å². The second kappa shape index (κ2) is 12.2. The van der Waals surface area contributed by atoms with Gasteiger partial charge in [-0.2, -0.15) is 0 Å². The molecule has 0 saturated heterocycles. The fraction of sp³-hybridized carbons (Fsp3) is 0.391. The van der Waals surface area contributed by atoms with Crippen molar-refractivity contribution in [3.05, 3.63) is 41.0 Å². The molecule has 2 aromatic rings. The van der Waals surface area contributed by atoms with E-state index in [0.29, 0.717) is 29.5 Å². The lowest BCUT2D eigenvalue weighted by Crippen LogP contribution is -2.22. The Labute approximate surface area is 185 Å². The first-order chi connectivity index (χ1) is 14.0. The topological polar surface area (TPSA) is 60.4 Å². The standard InChI is InChI=1S/C23H31NO5.ClH/c1-7-24(8-2)15-18-17(11-12-19(26-3)22(18)25)10-9-16-13-20(27-4)23(29-6)21(14-16)28-5;/h9-14,25H,7-8,15H2,1-6H3;1H/b10-9+;. The zero-order valence-electron chi connectivity index (χ0n) is 18.5. The lowest BCUT2D eigenvalue weighted by atomic mass is 10.0. The van der Waals surface area contributed by atoms with Crippen molar-refractivity contribution in [2.75, 3.05) is 41.5 Å². The number of hydrogen-bond acceptors (Lipinski definition) is 6. The summed E-state index contributed by atoms with van der Waals surface area (Å²) in [5.41, 5.74) is 2.64. The van der Waals surface area contributed by atoms with Gasteiger partial charge in [-0.3, -0.25) is 4.90 Å². The van der Waals surface area contributed by atoms with E-state index in [1.165, 1.54) is 0 Å². The van der Waals surface area contributed by atoms with Gasteiger partial charge in [0.05, 0.1) is 28.4 Å². The first-order valence-electron chi connectivity index (χ1n) is 9.62. The van der Waals surface area contributed by atoms with Gasteiger partial charge in [0.25, 0.3) is 0 Å². The first kappa shape index (κ1) is 25.5. The highest BCUT2D eigenvalue weighted by atomic mass is 35.5. The predicted molar refractivity (Wildman–Crippen MR) is 124 cm³/mol. The molecule has 0 saturated carbocycles. The fourth-order valence-electron chi connectivity index (χ4n) is 3.17. The van der Waals surface area contributed by atoms with Gasteiger partial charge >= 0.3 is 0 Å². The van der Waals surface area contributed by atoms with Crippen LogP contribution in [0, 0.1) is 0 Å². The highest BCUT2D eigenvalue weighted by Gasteiger charge is 2.15. The molecule has 0 aliphatic carbocycles. The van der Waals surface area contributed by atoms with Crippen molar-refractivity contribution in [1.29, 1.82) is 0 Å². The maximum Gasteiger partial charge on any atom is 0.203 e. The van der Waals surface area contributed by atoms with Crippen LogP contribution in [-0.4, -0.2) is 51.5 Å². The van der Waals surface area contributed by atoms with Crippen LogP contribution in [0.4, 0.5) is 0 Å². The third-order valence-electron chi connectivity index (χ3n) is 4.92. The SMILES string of the molecule is CCN(CC)Cc1c(/C=C/c2cc(OC)c(OC)c(OC)c2)ccc(OC)c1O.Cl. The Morgan fingerprint density at radius 3 is 1.87 bits per heavy atom. The van der Waals surface area contributed by atoms with Gasteiger partial charge in [0.15, 0.2) is 23.0 Å². The Morgan fingerprint density at radius 1 is 0.833 bits per heavy atom. The van der Waals surface area contributed by atoms with E-state index in [2.05, 4.69) is 18.7 Å². The zero-order chi connectivity index (χ0) is 21.4. The summed E-state index contributed by atoms with van der Waals surface area (Å²) in [5.74, 6) is 2.37. The average molecular weight is 438 g/mol. The predicted octanol–water partition coefficient (Wildman–Crippen LogP) is 4.86. The summed E-state index contributed by atoms with van der Waals surface area (Å²) in [6.07, 6.45) is 3.93. The van der Waals surface area contributed by atoms with Crippen LogP contribution >= 0.6 is 12.4 Å². The van der Waals surface area contributed by atoms with Gasteiger partial charge in [0.2, 0.25) is 5.75 Å². The molecular formula is C23H32ClNO5. The van der Waals surface area contributed by atoms with Gasteiger partial charge in [0.1, 0.15) is 0 Å². The van der Waals surface area contributed by atoms with Crippen LogP contribution < -0.4 is 18.9 Å². The number of ether oxygens (including phenoxy) is 4. The number of rotatable bonds is 10. The maximum atomic E-state index is 10.7. The zero-order valence-corrected chi connectivity index (χ0v) is 19.3. The van der Waals surface area contributed by atoms with Gasteiger partial charge in [-0.05, 0) is 42.4 Å². The first-order valence-corrected chi connectivity index (χ1v) is 9.62. The van der Waals surface area contributed by atoms with Gasteiger partial charge in [0, 0.05) is 12.1 Å². The number of hydrogen-bond donors (Lipinski definition) is 1. The molecule has 6 nitrogen and oxygen atoms in total. The molecular weight excluding hydrogens is 406 g/mol. The van der Waals surface area contributed by atoms with Crippen LogP contribution in [0.5, 0.6) is 28.7 Å². The van der Waals surface area contributed by atoms with Crippen LogP contribution in [-0.2, 0) is 6.54 Å². The number of benzene rings is 2. The maximum absolute atomic E-state index is 10.7. The number of phenols is 1. The monoisotopic (exact) mass is 437 g/mol. The smallest absolute Gasteiger partial charge is 0.203 e. The molecule has 0 atom stereocenters. The molecule has 0 unspecified atom stereocenters. The lowest BCUT2D eigenvalue weighted by molar-refractivity contribution is 0.287. The molecule has 0 amide bonds. The highest BCUT2D eigenvalue weighted by Crippen LogP contribution is 2.39. The molecule has 0 aliphatic heterocycles. The van der Waals surface area contributed by atoms with E-state index in [1.807, 2.05) is 30.4 Å². The molecule has 166 valence electrons. The van der Waals surface area contributed by atoms with Gasteiger partial charge in [-0.25, -0.2) is 0 Å². The van der Waals surface area contributed by atoms with Crippen LogP contribution in [0.2, 0.25) is 0 Å². The van der Waals surface area contributed by atoms with E-state index in [1.54, 1.807) is 34.5 Å². The van der Waals surface area contributed by atoms with Crippen LogP contribution in [0.3, 0.4) is 0 Å². The van der Waals surface area contributed by atoms with Crippen LogP contribution in [0.15, 0.2) is 24.3 Å². The molecule has 1 N–H and O–H groups in total. The largest absolute Gasteiger partial charge is 0.504 e. The molecule has 7 heteroatoms. The molecule has 2 rings (SSSR count). The Balaban J connectivity index is 0.00000450. The summed E-state index contributed by atoms with van der Waals surface area (Å²) in [4.78, 5) is 2.24. The summed E-state index contributed by atoms with van der Waals surface area (Å²) in [6.45, 7) is 6.62. The highest BCUT2D eigenvalue weighted by molar-refractivity contribution is 5.85. The summed E-state index contributed by atoms with van der Waals surface area (Å²) < 4.78 is 21.5. The van der Waals surface area contributed by atoms with E-state index in [9.17, 15) is 5.11 Å². The average Bonchev–Trinajstić information content (AvgIpc) is 2.76. The molecule has 0 radical (unpaired) electrons. The van der Waals surface area contributed by atoms with Gasteiger partial charge in [-0.15, -0.1) is 12.4 Å². The summed E-state index contributed by atoms with van der Waals surface area (Å²) in [5, 5.41) is 10.7. The molecule has 2 aromatic carbocycles. The second-order valence-electron chi connectivity index (χ2n) is 6.44. The molecule has 0 aliphatic rings. The minimum Gasteiger partial charge on any atom is -0.504 e. The molecule has 0 fully saturated rings. The van der Waals surface area contributed by atoms with Crippen LogP contribution in [0.25, 0.3) is 12.2 Å².